The van der Waals surface area contributed by atoms with Gasteiger partial charge in [0.1, 0.15) is 11.9 Å². The molecule has 5 nitrogen and oxygen atoms in total. The van der Waals surface area contributed by atoms with Crippen LogP contribution in [0.1, 0.15) is 5.56 Å². The van der Waals surface area contributed by atoms with Crippen LogP contribution in [-0.4, -0.2) is 43.3 Å². The van der Waals surface area contributed by atoms with Gasteiger partial charge in [-0.2, -0.15) is 0 Å². The Kier molecular flexibility index (Phi) is 2.83. The average molecular weight is 248 g/mol. The van der Waals surface area contributed by atoms with E-state index in [0.29, 0.717) is 6.54 Å². The molecule has 0 bridgehead atoms. The fourth-order valence-corrected chi connectivity index (χ4v) is 2.60. The van der Waals surface area contributed by atoms with Crippen molar-refractivity contribution in [2.24, 2.45) is 0 Å². The fourth-order valence-electron chi connectivity index (χ4n) is 2.60. The van der Waals surface area contributed by atoms with Crippen LogP contribution < -0.4 is 10.1 Å². The third kappa shape index (κ3) is 1.80. The van der Waals surface area contributed by atoms with E-state index in [1.165, 1.54) is 0 Å². The molecular weight excluding hydrogens is 232 g/mol. The van der Waals surface area contributed by atoms with Crippen molar-refractivity contribution >= 4 is 6.09 Å². The highest BCUT2D eigenvalue weighted by molar-refractivity contribution is 5.71. The van der Waals surface area contributed by atoms with Gasteiger partial charge < -0.3 is 14.8 Å². The zero-order valence-corrected chi connectivity index (χ0v) is 10.3. The predicted molar refractivity (Wildman–Crippen MR) is 65.5 cm³/mol. The van der Waals surface area contributed by atoms with Gasteiger partial charge in [-0.05, 0) is 6.07 Å². The van der Waals surface area contributed by atoms with E-state index in [9.17, 15) is 4.79 Å². The monoisotopic (exact) mass is 248 g/mol. The third-order valence-corrected chi connectivity index (χ3v) is 3.55. The molecule has 2 saturated heterocycles. The standard InChI is InChI=1S/C13H16N2O3/c1-17-11-5-3-2-4-9(11)8-15-10-6-14-7-12(10)18-13(15)16/h2-5,10,12,14H,6-8H2,1H3. The van der Waals surface area contributed by atoms with Crippen LogP contribution in [0.5, 0.6) is 5.75 Å². The topological polar surface area (TPSA) is 50.8 Å². The van der Waals surface area contributed by atoms with Crippen LogP contribution in [0.4, 0.5) is 4.79 Å². The highest BCUT2D eigenvalue weighted by Gasteiger charge is 2.44. The number of amides is 1. The molecule has 1 N–H and O–H groups in total. The molecule has 0 aliphatic carbocycles. The van der Waals surface area contributed by atoms with Crippen molar-refractivity contribution in [3.63, 3.8) is 0 Å². The molecule has 0 saturated carbocycles. The molecule has 0 radical (unpaired) electrons. The second-order valence-electron chi connectivity index (χ2n) is 4.59. The zero-order valence-electron chi connectivity index (χ0n) is 10.3. The molecule has 2 aliphatic rings. The molecule has 1 aromatic rings. The molecule has 0 spiro atoms. The van der Waals surface area contributed by atoms with Crippen molar-refractivity contribution in [3.05, 3.63) is 29.8 Å². The molecule has 1 amide bonds. The Morgan fingerprint density at radius 3 is 3.11 bits per heavy atom. The lowest BCUT2D eigenvalue weighted by Gasteiger charge is -2.20. The second-order valence-corrected chi connectivity index (χ2v) is 4.59. The number of para-hydroxylation sites is 1. The van der Waals surface area contributed by atoms with Crippen LogP contribution in [0.15, 0.2) is 24.3 Å². The van der Waals surface area contributed by atoms with E-state index in [0.717, 1.165) is 24.4 Å². The van der Waals surface area contributed by atoms with Crippen molar-refractivity contribution in [2.45, 2.75) is 18.7 Å². The number of ether oxygens (including phenoxy) is 2. The van der Waals surface area contributed by atoms with Crippen molar-refractivity contribution < 1.29 is 14.3 Å². The lowest BCUT2D eigenvalue weighted by molar-refractivity contribution is 0.133. The Hall–Kier alpha value is -1.75. The Balaban J connectivity index is 1.81. The maximum atomic E-state index is 11.8. The molecule has 2 heterocycles. The predicted octanol–water partition coefficient (Wildman–Crippen LogP) is 0.988. The first-order valence-corrected chi connectivity index (χ1v) is 6.09. The molecule has 96 valence electrons. The summed E-state index contributed by atoms with van der Waals surface area (Å²) in [5, 5.41) is 3.24. The highest BCUT2D eigenvalue weighted by atomic mass is 16.6. The number of methoxy groups -OCH3 is 1. The summed E-state index contributed by atoms with van der Waals surface area (Å²) < 4.78 is 10.6. The van der Waals surface area contributed by atoms with E-state index in [4.69, 9.17) is 9.47 Å². The Labute approximate surface area is 106 Å². The van der Waals surface area contributed by atoms with Crippen LogP contribution in [0.25, 0.3) is 0 Å². The normalized spacial score (nSPS) is 26.1. The van der Waals surface area contributed by atoms with Gasteiger partial charge in [-0.3, -0.25) is 4.90 Å². The number of carbonyl (C=O) groups excluding carboxylic acids is 1. The number of hydrogen-bond acceptors (Lipinski definition) is 4. The molecule has 0 aromatic heterocycles. The maximum Gasteiger partial charge on any atom is 0.410 e. The first-order valence-electron chi connectivity index (χ1n) is 6.09. The van der Waals surface area contributed by atoms with Gasteiger partial charge in [-0.15, -0.1) is 0 Å². The minimum Gasteiger partial charge on any atom is -0.496 e. The van der Waals surface area contributed by atoms with Crippen molar-refractivity contribution in [1.82, 2.24) is 10.2 Å². The van der Waals surface area contributed by atoms with Crippen molar-refractivity contribution in [3.8, 4) is 5.75 Å². The van der Waals surface area contributed by atoms with Crippen LogP contribution in [-0.2, 0) is 11.3 Å². The largest absolute Gasteiger partial charge is 0.496 e. The van der Waals surface area contributed by atoms with Gasteiger partial charge in [0.15, 0.2) is 0 Å². The number of benzene rings is 1. The van der Waals surface area contributed by atoms with E-state index in [-0.39, 0.29) is 18.2 Å². The second kappa shape index (κ2) is 4.49. The maximum absolute atomic E-state index is 11.8. The van der Waals surface area contributed by atoms with E-state index in [2.05, 4.69) is 5.32 Å². The summed E-state index contributed by atoms with van der Waals surface area (Å²) in [6.45, 7) is 2.08. The minimum atomic E-state index is -0.225. The number of carbonyl (C=O) groups is 1. The number of rotatable bonds is 3. The van der Waals surface area contributed by atoms with Gasteiger partial charge in [0.05, 0.1) is 19.7 Å². The van der Waals surface area contributed by atoms with Crippen molar-refractivity contribution in [2.75, 3.05) is 20.2 Å². The van der Waals surface area contributed by atoms with Crippen LogP contribution in [0.3, 0.4) is 0 Å². The highest BCUT2D eigenvalue weighted by Crippen LogP contribution is 2.27. The van der Waals surface area contributed by atoms with Gasteiger partial charge in [-0.25, -0.2) is 4.79 Å². The summed E-state index contributed by atoms with van der Waals surface area (Å²) in [5.41, 5.74) is 1.00. The molecule has 18 heavy (non-hydrogen) atoms. The van der Waals surface area contributed by atoms with Gasteiger partial charge >= 0.3 is 6.09 Å². The van der Waals surface area contributed by atoms with Gasteiger partial charge in [0, 0.05) is 18.7 Å². The summed E-state index contributed by atoms with van der Waals surface area (Å²) in [6.07, 6.45) is -0.232. The Morgan fingerprint density at radius 2 is 2.28 bits per heavy atom. The van der Waals surface area contributed by atoms with Gasteiger partial charge in [0.25, 0.3) is 0 Å². The summed E-state index contributed by atoms with van der Waals surface area (Å²) >= 11 is 0. The van der Waals surface area contributed by atoms with E-state index in [1.807, 2.05) is 24.3 Å². The first kappa shape index (κ1) is 11.3. The summed E-state index contributed by atoms with van der Waals surface area (Å²) in [7, 11) is 1.64. The fraction of sp³-hybridized carbons (Fsp3) is 0.462. The Bertz CT molecular complexity index is 463. The molecule has 2 aliphatic heterocycles. The molecule has 2 atom stereocenters. The summed E-state index contributed by atoms with van der Waals surface area (Å²) in [4.78, 5) is 13.6. The average Bonchev–Trinajstić information content (AvgIpc) is 2.93. The smallest absolute Gasteiger partial charge is 0.410 e. The van der Waals surface area contributed by atoms with E-state index >= 15 is 0 Å². The van der Waals surface area contributed by atoms with Gasteiger partial charge in [-0.1, -0.05) is 18.2 Å². The van der Waals surface area contributed by atoms with Crippen LogP contribution in [0.2, 0.25) is 0 Å². The molecule has 2 unspecified atom stereocenters. The molecule has 2 fully saturated rings. The van der Waals surface area contributed by atoms with Crippen LogP contribution in [0, 0.1) is 0 Å². The SMILES string of the molecule is COc1ccccc1CN1C(=O)OC2CNCC21. The minimum absolute atomic E-state index is 0.00722. The third-order valence-electron chi connectivity index (χ3n) is 3.55. The van der Waals surface area contributed by atoms with Gasteiger partial charge in [0.2, 0.25) is 0 Å². The summed E-state index contributed by atoms with van der Waals surface area (Å²) in [6, 6.07) is 7.89. The van der Waals surface area contributed by atoms with E-state index < -0.39 is 0 Å². The number of hydrogen-bond donors (Lipinski definition) is 1. The lowest BCUT2D eigenvalue weighted by Crippen LogP contribution is -2.36. The molecule has 3 rings (SSSR count). The number of nitrogens with zero attached hydrogens (tertiary/aromatic N) is 1. The quantitative estimate of drug-likeness (QED) is 0.866. The molecular formula is C13H16N2O3. The summed E-state index contributed by atoms with van der Waals surface area (Å²) in [5.74, 6) is 0.805. The van der Waals surface area contributed by atoms with Crippen LogP contribution >= 0.6 is 0 Å². The zero-order chi connectivity index (χ0) is 12.5. The van der Waals surface area contributed by atoms with E-state index in [1.54, 1.807) is 12.0 Å². The number of nitrogens with one attached hydrogen (secondary N) is 1. The first-order chi connectivity index (χ1) is 8.79. The lowest BCUT2D eigenvalue weighted by atomic mass is 10.1. The molecule has 5 heteroatoms. The van der Waals surface area contributed by atoms with Crippen molar-refractivity contribution in [1.29, 1.82) is 0 Å². The Morgan fingerprint density at radius 1 is 1.44 bits per heavy atom. The molecule has 1 aromatic carbocycles. The number of fused-ring (bicyclic) bond motifs is 1.